The maximum Gasteiger partial charge on any atom is 0.0755 e. The normalized spacial score (nSPS) is 36.0. The molecule has 3 heteroatoms. The van der Waals surface area contributed by atoms with Gasteiger partial charge in [0.2, 0.25) is 0 Å². The molecule has 2 unspecified atom stereocenters. The summed E-state index contributed by atoms with van der Waals surface area (Å²) >= 11 is 0. The van der Waals surface area contributed by atoms with Gasteiger partial charge in [-0.15, -0.1) is 0 Å². The number of hydrogen-bond donors (Lipinski definition) is 0. The monoisotopic (exact) mass is 198 g/mol. The van der Waals surface area contributed by atoms with Gasteiger partial charge in [-0.3, -0.25) is 9.80 Å². The van der Waals surface area contributed by atoms with Crippen LogP contribution in [-0.4, -0.2) is 61.3 Å². The molecule has 82 valence electrons. The Labute approximate surface area is 87.0 Å². The van der Waals surface area contributed by atoms with Gasteiger partial charge in [-0.1, -0.05) is 0 Å². The fourth-order valence-electron chi connectivity index (χ4n) is 2.54. The average molecular weight is 198 g/mol. The van der Waals surface area contributed by atoms with Crippen LogP contribution in [0.2, 0.25) is 0 Å². The predicted octanol–water partition coefficient (Wildman–Crippen LogP) is 0.800. The second kappa shape index (κ2) is 4.17. The number of rotatable bonds is 1. The largest absolute Gasteiger partial charge is 0.375 e. The van der Waals surface area contributed by atoms with Crippen LogP contribution in [0.4, 0.5) is 0 Å². The minimum atomic E-state index is 0.490. The third kappa shape index (κ3) is 1.95. The van der Waals surface area contributed by atoms with Gasteiger partial charge in [0, 0.05) is 31.7 Å². The highest BCUT2D eigenvalue weighted by Crippen LogP contribution is 2.22. The maximum atomic E-state index is 5.81. The predicted molar refractivity (Wildman–Crippen MR) is 57.5 cm³/mol. The summed E-state index contributed by atoms with van der Waals surface area (Å²) in [5, 5.41) is 0. The van der Waals surface area contributed by atoms with Crippen molar-refractivity contribution in [2.75, 3.05) is 33.3 Å². The number of likely N-dealkylation sites (N-methyl/N-ethyl adjacent to an activating group) is 1. The van der Waals surface area contributed by atoms with Crippen LogP contribution < -0.4 is 0 Å². The van der Waals surface area contributed by atoms with E-state index in [-0.39, 0.29) is 0 Å². The van der Waals surface area contributed by atoms with Crippen molar-refractivity contribution in [3.8, 4) is 0 Å². The van der Waals surface area contributed by atoms with Crippen molar-refractivity contribution in [3.05, 3.63) is 0 Å². The van der Waals surface area contributed by atoms with Crippen molar-refractivity contribution < 1.29 is 4.74 Å². The number of nitrogens with zero attached hydrogens (tertiary/aromatic N) is 2. The van der Waals surface area contributed by atoms with Crippen LogP contribution in [-0.2, 0) is 4.74 Å². The Morgan fingerprint density at radius 3 is 2.79 bits per heavy atom. The Morgan fingerprint density at radius 1 is 1.29 bits per heavy atom. The molecule has 2 rings (SSSR count). The molecule has 0 radical (unpaired) electrons. The summed E-state index contributed by atoms with van der Waals surface area (Å²) < 4.78 is 5.81. The molecular formula is C11H22N2O. The summed E-state index contributed by atoms with van der Waals surface area (Å²) in [6, 6.07) is 1.30. The lowest BCUT2D eigenvalue weighted by Gasteiger charge is -2.46. The first-order valence-corrected chi connectivity index (χ1v) is 5.74. The van der Waals surface area contributed by atoms with E-state index in [4.69, 9.17) is 4.74 Å². The van der Waals surface area contributed by atoms with Gasteiger partial charge >= 0.3 is 0 Å². The van der Waals surface area contributed by atoms with Crippen LogP contribution in [0.15, 0.2) is 0 Å². The molecule has 2 saturated heterocycles. The lowest BCUT2D eigenvalue weighted by molar-refractivity contribution is -0.0983. The lowest BCUT2D eigenvalue weighted by Crippen LogP contribution is -2.59. The summed E-state index contributed by atoms with van der Waals surface area (Å²) in [5.74, 6) is 0. The Bertz CT molecular complexity index is 196. The molecule has 0 amide bonds. The van der Waals surface area contributed by atoms with E-state index in [0.717, 1.165) is 13.2 Å². The van der Waals surface area contributed by atoms with Gasteiger partial charge in [0.1, 0.15) is 0 Å². The van der Waals surface area contributed by atoms with Gasteiger partial charge in [0.15, 0.2) is 0 Å². The quantitative estimate of drug-likeness (QED) is 0.620. The second-order valence-electron chi connectivity index (χ2n) is 4.83. The fourth-order valence-corrected chi connectivity index (χ4v) is 2.54. The van der Waals surface area contributed by atoms with Crippen LogP contribution >= 0.6 is 0 Å². The zero-order chi connectivity index (χ0) is 10.1. The van der Waals surface area contributed by atoms with Gasteiger partial charge in [0.05, 0.1) is 12.7 Å². The van der Waals surface area contributed by atoms with Gasteiger partial charge in [-0.2, -0.15) is 0 Å². The first kappa shape index (κ1) is 10.4. The van der Waals surface area contributed by atoms with Gasteiger partial charge in [-0.05, 0) is 27.3 Å². The Hall–Kier alpha value is -0.120. The first-order valence-electron chi connectivity index (χ1n) is 5.74. The number of likely N-dealkylation sites (tertiary alicyclic amines) is 1. The molecule has 2 aliphatic heterocycles. The Kier molecular flexibility index (Phi) is 3.10. The summed E-state index contributed by atoms with van der Waals surface area (Å²) in [6.07, 6.45) is 1.69. The van der Waals surface area contributed by atoms with Crippen molar-refractivity contribution in [1.29, 1.82) is 0 Å². The second-order valence-corrected chi connectivity index (χ2v) is 4.83. The first-order chi connectivity index (χ1) is 6.68. The molecule has 2 aliphatic rings. The van der Waals surface area contributed by atoms with E-state index in [0.29, 0.717) is 18.2 Å². The number of morpholine rings is 1. The Morgan fingerprint density at radius 2 is 2.07 bits per heavy atom. The van der Waals surface area contributed by atoms with Gasteiger partial charge in [0.25, 0.3) is 0 Å². The number of fused-ring (bicyclic) bond motifs is 1. The van der Waals surface area contributed by atoms with Gasteiger partial charge < -0.3 is 4.74 Å². The standard InChI is InChI=1S/C11H22N2O/c1-9(2)13-5-4-11-10(8-13)12(3)6-7-14-11/h9-11H,4-8H2,1-3H3. The summed E-state index contributed by atoms with van der Waals surface area (Å²) in [4.78, 5) is 5.02. The lowest BCUT2D eigenvalue weighted by atomic mass is 9.98. The molecule has 0 aromatic rings. The molecule has 2 atom stereocenters. The van der Waals surface area contributed by atoms with Crippen LogP contribution in [0.25, 0.3) is 0 Å². The smallest absolute Gasteiger partial charge is 0.0755 e. The molecular weight excluding hydrogens is 176 g/mol. The fraction of sp³-hybridized carbons (Fsp3) is 1.00. The topological polar surface area (TPSA) is 15.7 Å². The minimum Gasteiger partial charge on any atom is -0.375 e. The van der Waals surface area contributed by atoms with Crippen LogP contribution in [0, 0.1) is 0 Å². The molecule has 14 heavy (non-hydrogen) atoms. The van der Waals surface area contributed by atoms with Crippen LogP contribution in [0.5, 0.6) is 0 Å². The van der Waals surface area contributed by atoms with Crippen molar-refractivity contribution >= 4 is 0 Å². The van der Waals surface area contributed by atoms with E-state index in [1.807, 2.05) is 0 Å². The average Bonchev–Trinajstić information content (AvgIpc) is 2.18. The molecule has 0 aliphatic carbocycles. The molecule has 0 spiro atoms. The highest BCUT2D eigenvalue weighted by Gasteiger charge is 2.35. The highest BCUT2D eigenvalue weighted by molar-refractivity contribution is 4.90. The molecule has 2 heterocycles. The van der Waals surface area contributed by atoms with E-state index < -0.39 is 0 Å². The number of ether oxygens (including phenoxy) is 1. The molecule has 0 bridgehead atoms. The number of piperidine rings is 1. The summed E-state index contributed by atoms with van der Waals surface area (Å²) in [5.41, 5.74) is 0. The highest BCUT2D eigenvalue weighted by atomic mass is 16.5. The van der Waals surface area contributed by atoms with E-state index >= 15 is 0 Å². The number of hydrogen-bond acceptors (Lipinski definition) is 3. The van der Waals surface area contributed by atoms with Crippen molar-refractivity contribution in [2.45, 2.75) is 38.5 Å². The van der Waals surface area contributed by atoms with E-state index in [1.165, 1.54) is 19.5 Å². The zero-order valence-electron chi connectivity index (χ0n) is 9.57. The van der Waals surface area contributed by atoms with Gasteiger partial charge in [-0.25, -0.2) is 0 Å². The van der Waals surface area contributed by atoms with E-state index in [1.54, 1.807) is 0 Å². The van der Waals surface area contributed by atoms with Crippen molar-refractivity contribution in [1.82, 2.24) is 9.80 Å². The molecule has 0 saturated carbocycles. The minimum absolute atomic E-state index is 0.490. The van der Waals surface area contributed by atoms with E-state index in [9.17, 15) is 0 Å². The molecule has 0 aromatic carbocycles. The molecule has 3 nitrogen and oxygen atoms in total. The maximum absolute atomic E-state index is 5.81. The third-order valence-corrected chi connectivity index (χ3v) is 3.62. The van der Waals surface area contributed by atoms with Crippen molar-refractivity contribution in [2.24, 2.45) is 0 Å². The molecule has 2 fully saturated rings. The molecule has 0 aromatic heterocycles. The zero-order valence-corrected chi connectivity index (χ0v) is 9.57. The Balaban J connectivity index is 1.98. The SMILES string of the molecule is CC(C)N1CCC2OCCN(C)C2C1. The van der Waals surface area contributed by atoms with Crippen molar-refractivity contribution in [3.63, 3.8) is 0 Å². The third-order valence-electron chi connectivity index (χ3n) is 3.62. The summed E-state index contributed by atoms with van der Waals surface area (Å²) in [6.45, 7) is 8.95. The molecule has 0 N–H and O–H groups in total. The van der Waals surface area contributed by atoms with E-state index in [2.05, 4.69) is 30.7 Å². The van der Waals surface area contributed by atoms with Crippen LogP contribution in [0.3, 0.4) is 0 Å². The van der Waals surface area contributed by atoms with Crippen LogP contribution in [0.1, 0.15) is 20.3 Å². The summed E-state index contributed by atoms with van der Waals surface area (Å²) in [7, 11) is 2.23.